The number of hydrogen-bond acceptors (Lipinski definition) is 7. The fraction of sp³-hybridized carbons (Fsp3) is 0.500. The van der Waals surface area contributed by atoms with Crippen molar-refractivity contribution in [3.63, 3.8) is 0 Å². The van der Waals surface area contributed by atoms with E-state index in [1.165, 1.54) is 6.92 Å². The van der Waals surface area contributed by atoms with Crippen LogP contribution >= 0.6 is 0 Å². The number of aliphatic imine (C=N–C) groups is 1. The first-order valence-electron chi connectivity index (χ1n) is 8.74. The van der Waals surface area contributed by atoms with Crippen LogP contribution in [-0.4, -0.2) is 53.7 Å². The van der Waals surface area contributed by atoms with E-state index in [2.05, 4.69) is 10.3 Å². The Kier molecular flexibility index (Phi) is 5.72. The van der Waals surface area contributed by atoms with E-state index in [0.717, 1.165) is 36.3 Å². The highest BCUT2D eigenvalue weighted by Crippen LogP contribution is 2.31. The molecule has 3 rings (SSSR count). The molecular weight excluding hydrogens is 338 g/mol. The van der Waals surface area contributed by atoms with Gasteiger partial charge < -0.3 is 19.5 Å². The fourth-order valence-corrected chi connectivity index (χ4v) is 2.98. The molecule has 0 radical (unpaired) electrons. The lowest BCUT2D eigenvalue weighted by Crippen LogP contribution is -2.39. The summed E-state index contributed by atoms with van der Waals surface area (Å²) in [4.78, 5) is 28.7. The molecule has 2 aliphatic heterocycles. The van der Waals surface area contributed by atoms with Crippen LogP contribution in [-0.2, 0) is 20.9 Å². The lowest BCUT2D eigenvalue weighted by Gasteiger charge is -2.27. The molecule has 2 heterocycles. The van der Waals surface area contributed by atoms with Crippen molar-refractivity contribution in [1.82, 2.24) is 10.2 Å². The molecular formula is C18H23N3O5. The zero-order chi connectivity index (χ0) is 18.5. The van der Waals surface area contributed by atoms with Crippen LogP contribution < -0.4 is 10.1 Å². The normalized spacial score (nSPS) is 17.9. The number of unbranched alkanes of at least 4 members (excludes halogenated alkanes) is 2. The first-order valence-corrected chi connectivity index (χ1v) is 8.74. The van der Waals surface area contributed by atoms with Crippen LogP contribution in [0, 0.1) is 0 Å². The van der Waals surface area contributed by atoms with Gasteiger partial charge in [-0.1, -0.05) is 0 Å². The SMILES string of the molecule is CC(=O)OCCCCCOc1ccc2c(c1)CN1C(=N2)NC(=O)C1CO. The molecule has 2 N–H and O–H groups in total. The predicted octanol–water partition coefficient (Wildman–Crippen LogP) is 1.09. The van der Waals surface area contributed by atoms with Crippen LogP contribution in [0.25, 0.3) is 0 Å². The van der Waals surface area contributed by atoms with E-state index >= 15 is 0 Å². The summed E-state index contributed by atoms with van der Waals surface area (Å²) in [5.74, 6) is 0.758. The summed E-state index contributed by atoms with van der Waals surface area (Å²) in [7, 11) is 0. The number of aliphatic hydroxyl groups excluding tert-OH is 1. The minimum atomic E-state index is -0.594. The Morgan fingerprint density at radius 1 is 1.35 bits per heavy atom. The minimum absolute atomic E-state index is 0.232. The first-order chi connectivity index (χ1) is 12.6. The van der Waals surface area contributed by atoms with E-state index in [1.807, 2.05) is 18.2 Å². The maximum atomic E-state index is 11.8. The standard InChI is InChI=1S/C18H23N3O5/c1-12(23)25-7-3-2-4-8-26-14-5-6-15-13(9-14)10-21-16(11-22)17(24)20-18(21)19-15/h5-6,9,16,22H,2-4,7-8,10-11H2,1H3,(H,19,20,24). The van der Waals surface area contributed by atoms with Gasteiger partial charge in [0.2, 0.25) is 5.96 Å². The zero-order valence-electron chi connectivity index (χ0n) is 14.7. The van der Waals surface area contributed by atoms with Gasteiger partial charge in [0.15, 0.2) is 0 Å². The molecule has 1 amide bonds. The van der Waals surface area contributed by atoms with Crippen molar-refractivity contribution in [2.24, 2.45) is 4.99 Å². The Bertz CT molecular complexity index is 719. The number of nitrogens with zero attached hydrogens (tertiary/aromatic N) is 2. The molecule has 2 aliphatic rings. The fourth-order valence-electron chi connectivity index (χ4n) is 2.98. The average molecular weight is 361 g/mol. The van der Waals surface area contributed by atoms with E-state index in [1.54, 1.807) is 4.90 Å². The topological polar surface area (TPSA) is 100 Å². The van der Waals surface area contributed by atoms with Crippen LogP contribution in [0.4, 0.5) is 5.69 Å². The van der Waals surface area contributed by atoms with E-state index in [-0.39, 0.29) is 18.5 Å². The molecule has 1 unspecified atom stereocenters. The molecule has 1 atom stereocenters. The summed E-state index contributed by atoms with van der Waals surface area (Å²) < 4.78 is 10.7. The summed E-state index contributed by atoms with van der Waals surface area (Å²) in [5, 5.41) is 12.1. The van der Waals surface area contributed by atoms with E-state index < -0.39 is 6.04 Å². The van der Waals surface area contributed by atoms with Crippen molar-refractivity contribution in [3.8, 4) is 5.75 Å². The van der Waals surface area contributed by atoms with Gasteiger partial charge in [0, 0.05) is 19.0 Å². The molecule has 0 aromatic heterocycles. The maximum Gasteiger partial charge on any atom is 0.302 e. The Labute approximate surface area is 151 Å². The average Bonchev–Trinajstić information content (AvgIpc) is 2.92. The van der Waals surface area contributed by atoms with Crippen LogP contribution in [0.5, 0.6) is 5.75 Å². The van der Waals surface area contributed by atoms with Crippen LogP contribution in [0.2, 0.25) is 0 Å². The second-order valence-electron chi connectivity index (χ2n) is 6.29. The Balaban J connectivity index is 1.51. The predicted molar refractivity (Wildman–Crippen MR) is 94.1 cm³/mol. The molecule has 0 bridgehead atoms. The van der Waals surface area contributed by atoms with E-state index in [9.17, 15) is 14.7 Å². The Morgan fingerprint density at radius 3 is 2.92 bits per heavy atom. The highest BCUT2D eigenvalue weighted by molar-refractivity contribution is 6.07. The van der Waals surface area contributed by atoms with Crippen LogP contribution in [0.3, 0.4) is 0 Å². The maximum absolute atomic E-state index is 11.8. The number of esters is 1. The summed E-state index contributed by atoms with van der Waals surface area (Å²) >= 11 is 0. The molecule has 1 aromatic carbocycles. The summed E-state index contributed by atoms with van der Waals surface area (Å²) in [6, 6.07) is 5.06. The Hall–Kier alpha value is -2.61. The first kappa shape index (κ1) is 18.2. The van der Waals surface area contributed by atoms with Crippen molar-refractivity contribution in [3.05, 3.63) is 23.8 Å². The summed E-state index contributed by atoms with van der Waals surface area (Å²) in [6.07, 6.45) is 2.62. The monoisotopic (exact) mass is 361 g/mol. The molecule has 0 aliphatic carbocycles. The second-order valence-corrected chi connectivity index (χ2v) is 6.29. The molecule has 8 nitrogen and oxygen atoms in total. The molecule has 26 heavy (non-hydrogen) atoms. The molecule has 1 aromatic rings. The number of guanidine groups is 1. The van der Waals surface area contributed by atoms with Gasteiger partial charge >= 0.3 is 5.97 Å². The van der Waals surface area contributed by atoms with E-state index in [4.69, 9.17) is 9.47 Å². The number of ether oxygens (including phenoxy) is 2. The molecule has 0 spiro atoms. The van der Waals surface area contributed by atoms with Gasteiger partial charge in [-0.3, -0.25) is 14.9 Å². The van der Waals surface area contributed by atoms with Crippen molar-refractivity contribution >= 4 is 23.5 Å². The molecule has 1 saturated heterocycles. The van der Waals surface area contributed by atoms with Crippen molar-refractivity contribution in [2.45, 2.75) is 38.8 Å². The number of carbonyl (C=O) groups excluding carboxylic acids is 2. The van der Waals surface area contributed by atoms with Gasteiger partial charge in [-0.05, 0) is 37.5 Å². The molecule has 1 fully saturated rings. The van der Waals surface area contributed by atoms with Crippen molar-refractivity contribution in [1.29, 1.82) is 0 Å². The smallest absolute Gasteiger partial charge is 0.302 e. The minimum Gasteiger partial charge on any atom is -0.494 e. The number of carbonyl (C=O) groups is 2. The number of fused-ring (bicyclic) bond motifs is 2. The highest BCUT2D eigenvalue weighted by Gasteiger charge is 2.38. The van der Waals surface area contributed by atoms with Crippen LogP contribution in [0.1, 0.15) is 31.7 Å². The van der Waals surface area contributed by atoms with Crippen molar-refractivity contribution < 1.29 is 24.2 Å². The van der Waals surface area contributed by atoms with Gasteiger partial charge in [0.05, 0.1) is 25.5 Å². The Morgan fingerprint density at radius 2 is 2.15 bits per heavy atom. The number of amides is 1. The lowest BCUT2D eigenvalue weighted by molar-refractivity contribution is -0.141. The second kappa shape index (κ2) is 8.18. The number of nitrogens with one attached hydrogen (secondary N) is 1. The highest BCUT2D eigenvalue weighted by atomic mass is 16.5. The number of hydrogen-bond donors (Lipinski definition) is 2. The number of aliphatic hydroxyl groups is 1. The van der Waals surface area contributed by atoms with Gasteiger partial charge in [-0.15, -0.1) is 0 Å². The largest absolute Gasteiger partial charge is 0.494 e. The third-order valence-electron chi connectivity index (χ3n) is 4.34. The number of rotatable bonds is 8. The van der Waals surface area contributed by atoms with Gasteiger partial charge in [0.25, 0.3) is 5.91 Å². The molecule has 8 heteroatoms. The number of benzene rings is 1. The summed E-state index contributed by atoms with van der Waals surface area (Å²) in [6.45, 7) is 2.68. The van der Waals surface area contributed by atoms with Gasteiger partial charge in [-0.25, -0.2) is 4.99 Å². The van der Waals surface area contributed by atoms with Gasteiger partial charge in [-0.2, -0.15) is 0 Å². The third kappa shape index (κ3) is 4.13. The third-order valence-corrected chi connectivity index (χ3v) is 4.34. The quantitative estimate of drug-likeness (QED) is 0.531. The van der Waals surface area contributed by atoms with Crippen LogP contribution in [0.15, 0.2) is 23.2 Å². The lowest BCUT2D eigenvalue weighted by atomic mass is 10.1. The molecule has 140 valence electrons. The molecule has 0 saturated carbocycles. The summed E-state index contributed by atoms with van der Waals surface area (Å²) in [5.41, 5.74) is 1.75. The zero-order valence-corrected chi connectivity index (χ0v) is 14.7. The van der Waals surface area contributed by atoms with E-state index in [0.29, 0.717) is 25.7 Å². The van der Waals surface area contributed by atoms with Crippen molar-refractivity contribution in [2.75, 3.05) is 19.8 Å². The van der Waals surface area contributed by atoms with Gasteiger partial charge in [0.1, 0.15) is 11.8 Å².